The van der Waals surface area contributed by atoms with Crippen LogP contribution in [0, 0.1) is 5.92 Å². The van der Waals surface area contributed by atoms with Crippen molar-refractivity contribution >= 4 is 17.6 Å². The van der Waals surface area contributed by atoms with Crippen molar-refractivity contribution in [1.82, 2.24) is 20.2 Å². The standard InChI is InChI=1S/C18H15N5O2/c1-11-15(17(24)25)16(23-18(19-11)20-21-22-23)14-10-6-5-9-13(14)12-7-3-2-4-8-12/h2-10,15-16H,1H3,(H,24,25). The number of carbonyl (C=O) groups is 1. The van der Waals surface area contributed by atoms with Gasteiger partial charge in [0.15, 0.2) is 0 Å². The highest BCUT2D eigenvalue weighted by Gasteiger charge is 2.40. The van der Waals surface area contributed by atoms with Crippen molar-refractivity contribution in [2.24, 2.45) is 10.9 Å². The second kappa shape index (κ2) is 5.94. The third-order valence-electron chi connectivity index (χ3n) is 4.41. The monoisotopic (exact) mass is 333 g/mol. The minimum atomic E-state index is -0.949. The third kappa shape index (κ3) is 2.50. The molecule has 1 aliphatic rings. The van der Waals surface area contributed by atoms with E-state index in [9.17, 15) is 9.90 Å². The molecule has 0 spiro atoms. The fourth-order valence-corrected chi connectivity index (χ4v) is 3.30. The number of hydrogen-bond donors (Lipinski definition) is 1. The fourth-order valence-electron chi connectivity index (χ4n) is 3.30. The Bertz CT molecular complexity index is 964. The molecule has 0 bridgehead atoms. The highest BCUT2D eigenvalue weighted by atomic mass is 16.4. The maximum atomic E-state index is 12.0. The summed E-state index contributed by atoms with van der Waals surface area (Å²) in [5.74, 6) is -1.46. The van der Waals surface area contributed by atoms with Crippen LogP contribution in [0.2, 0.25) is 0 Å². The number of benzene rings is 2. The maximum absolute atomic E-state index is 12.0. The van der Waals surface area contributed by atoms with Gasteiger partial charge in [0.25, 0.3) is 5.95 Å². The number of aliphatic carboxylic acids is 1. The average molecular weight is 333 g/mol. The quantitative estimate of drug-likeness (QED) is 0.795. The van der Waals surface area contributed by atoms with Crippen LogP contribution < -0.4 is 0 Å². The molecule has 1 aromatic heterocycles. The predicted molar refractivity (Wildman–Crippen MR) is 91.7 cm³/mol. The van der Waals surface area contributed by atoms with E-state index in [1.807, 2.05) is 54.6 Å². The number of hydrogen-bond acceptors (Lipinski definition) is 5. The summed E-state index contributed by atoms with van der Waals surface area (Å²) in [5.41, 5.74) is 3.30. The summed E-state index contributed by atoms with van der Waals surface area (Å²) in [6.45, 7) is 1.70. The SMILES string of the molecule is CC1=Nc2nnnn2C(c2ccccc2-c2ccccc2)C1C(=O)O. The van der Waals surface area contributed by atoms with E-state index < -0.39 is 17.9 Å². The van der Waals surface area contributed by atoms with E-state index in [1.165, 1.54) is 4.68 Å². The third-order valence-corrected chi connectivity index (χ3v) is 4.41. The molecule has 25 heavy (non-hydrogen) atoms. The summed E-state index contributed by atoms with van der Waals surface area (Å²) in [5, 5.41) is 21.4. The fraction of sp³-hybridized carbons (Fsp3) is 0.167. The number of nitrogens with zero attached hydrogens (tertiary/aromatic N) is 5. The molecule has 2 atom stereocenters. The minimum absolute atomic E-state index is 0.322. The molecule has 1 aliphatic heterocycles. The molecule has 7 heteroatoms. The van der Waals surface area contributed by atoms with Gasteiger partial charge in [-0.25, -0.2) is 9.67 Å². The number of carboxylic acid groups (broad SMARTS) is 1. The van der Waals surface area contributed by atoms with Crippen molar-refractivity contribution in [3.05, 3.63) is 60.2 Å². The van der Waals surface area contributed by atoms with Crippen LogP contribution in [0.4, 0.5) is 5.95 Å². The molecule has 3 aromatic rings. The first-order valence-electron chi connectivity index (χ1n) is 7.87. The Kier molecular flexibility index (Phi) is 3.61. The molecule has 4 rings (SSSR count). The lowest BCUT2D eigenvalue weighted by Gasteiger charge is -2.29. The molecule has 124 valence electrons. The van der Waals surface area contributed by atoms with Gasteiger partial charge in [-0.1, -0.05) is 59.7 Å². The van der Waals surface area contributed by atoms with E-state index in [0.29, 0.717) is 11.7 Å². The molecule has 0 radical (unpaired) electrons. The summed E-state index contributed by atoms with van der Waals surface area (Å²) in [7, 11) is 0. The van der Waals surface area contributed by atoms with Crippen LogP contribution in [0.15, 0.2) is 59.6 Å². The number of fused-ring (bicyclic) bond motifs is 1. The van der Waals surface area contributed by atoms with Gasteiger partial charge in [0.2, 0.25) is 0 Å². The molecule has 2 unspecified atom stereocenters. The highest BCUT2D eigenvalue weighted by molar-refractivity contribution is 6.03. The number of carboxylic acids is 1. The summed E-state index contributed by atoms with van der Waals surface area (Å²) >= 11 is 0. The van der Waals surface area contributed by atoms with Crippen molar-refractivity contribution in [3.8, 4) is 11.1 Å². The van der Waals surface area contributed by atoms with Crippen LogP contribution in [0.3, 0.4) is 0 Å². The van der Waals surface area contributed by atoms with Gasteiger partial charge in [-0.2, -0.15) is 0 Å². The molecule has 0 saturated carbocycles. The number of aliphatic imine (C=N–C) groups is 1. The van der Waals surface area contributed by atoms with Crippen molar-refractivity contribution in [2.75, 3.05) is 0 Å². The molecule has 0 saturated heterocycles. The topological polar surface area (TPSA) is 93.3 Å². The zero-order valence-corrected chi connectivity index (χ0v) is 13.4. The lowest BCUT2D eigenvalue weighted by Crippen LogP contribution is -2.36. The zero-order valence-electron chi connectivity index (χ0n) is 13.4. The Labute approximate surface area is 143 Å². The lowest BCUT2D eigenvalue weighted by molar-refractivity contribution is -0.140. The highest BCUT2D eigenvalue weighted by Crippen LogP contribution is 2.39. The van der Waals surface area contributed by atoms with Gasteiger partial charge < -0.3 is 5.11 Å². The lowest BCUT2D eigenvalue weighted by atomic mass is 9.84. The van der Waals surface area contributed by atoms with Crippen LogP contribution in [0.5, 0.6) is 0 Å². The van der Waals surface area contributed by atoms with Crippen molar-refractivity contribution in [2.45, 2.75) is 13.0 Å². The average Bonchev–Trinajstić information content (AvgIpc) is 3.09. The molecule has 2 heterocycles. The van der Waals surface area contributed by atoms with Crippen LogP contribution in [0.25, 0.3) is 11.1 Å². The molecule has 0 fully saturated rings. The van der Waals surface area contributed by atoms with E-state index in [4.69, 9.17) is 0 Å². The van der Waals surface area contributed by atoms with Crippen LogP contribution >= 0.6 is 0 Å². The van der Waals surface area contributed by atoms with Gasteiger partial charge in [0.05, 0.1) is 0 Å². The second-order valence-corrected chi connectivity index (χ2v) is 5.89. The summed E-state index contributed by atoms with van der Waals surface area (Å²) < 4.78 is 1.49. The molecule has 0 aliphatic carbocycles. The minimum Gasteiger partial charge on any atom is -0.481 e. The first kappa shape index (κ1) is 15.2. The largest absolute Gasteiger partial charge is 0.481 e. The molecule has 1 N–H and O–H groups in total. The van der Waals surface area contributed by atoms with E-state index in [0.717, 1.165) is 16.7 Å². The van der Waals surface area contributed by atoms with Gasteiger partial charge in [0.1, 0.15) is 12.0 Å². The molecule has 0 amide bonds. The van der Waals surface area contributed by atoms with Crippen molar-refractivity contribution < 1.29 is 9.90 Å². The molecule has 7 nitrogen and oxygen atoms in total. The van der Waals surface area contributed by atoms with E-state index >= 15 is 0 Å². The normalized spacial score (nSPS) is 19.2. The first-order valence-corrected chi connectivity index (χ1v) is 7.87. The predicted octanol–water partition coefficient (Wildman–Crippen LogP) is 2.74. The molecular weight excluding hydrogens is 318 g/mol. The summed E-state index contributed by atoms with van der Waals surface area (Å²) in [6.07, 6.45) is 0. The zero-order chi connectivity index (χ0) is 17.4. The number of aromatic nitrogens is 4. The maximum Gasteiger partial charge on any atom is 0.314 e. The number of rotatable bonds is 3. The first-order chi connectivity index (χ1) is 12.2. The van der Waals surface area contributed by atoms with E-state index in [1.54, 1.807) is 6.92 Å². The van der Waals surface area contributed by atoms with Crippen LogP contribution in [-0.2, 0) is 4.79 Å². The van der Waals surface area contributed by atoms with Gasteiger partial charge in [-0.05, 0) is 34.0 Å². The van der Waals surface area contributed by atoms with Gasteiger partial charge >= 0.3 is 5.97 Å². The van der Waals surface area contributed by atoms with E-state index in [2.05, 4.69) is 20.5 Å². The van der Waals surface area contributed by atoms with Gasteiger partial charge in [0, 0.05) is 5.71 Å². The Morgan fingerprint density at radius 2 is 1.80 bits per heavy atom. The van der Waals surface area contributed by atoms with Crippen molar-refractivity contribution in [3.63, 3.8) is 0 Å². The Hall–Kier alpha value is -3.35. The molecular formula is C18H15N5O2. The smallest absolute Gasteiger partial charge is 0.314 e. The van der Waals surface area contributed by atoms with Gasteiger partial charge in [-0.3, -0.25) is 4.79 Å². The summed E-state index contributed by atoms with van der Waals surface area (Å²) in [4.78, 5) is 16.2. The summed E-state index contributed by atoms with van der Waals surface area (Å²) in [6, 6.07) is 17.0. The van der Waals surface area contributed by atoms with Gasteiger partial charge in [-0.15, -0.1) is 0 Å². The Morgan fingerprint density at radius 1 is 1.08 bits per heavy atom. The van der Waals surface area contributed by atoms with Crippen LogP contribution in [-0.4, -0.2) is 37.0 Å². The van der Waals surface area contributed by atoms with Crippen LogP contribution in [0.1, 0.15) is 18.5 Å². The van der Waals surface area contributed by atoms with E-state index in [-0.39, 0.29) is 0 Å². The number of tetrazole rings is 1. The van der Waals surface area contributed by atoms with Crippen molar-refractivity contribution in [1.29, 1.82) is 0 Å². The Balaban J connectivity index is 1.95. The Morgan fingerprint density at radius 3 is 2.56 bits per heavy atom. The second-order valence-electron chi connectivity index (χ2n) is 5.89. The molecule has 2 aromatic carbocycles.